The van der Waals surface area contributed by atoms with E-state index in [1.165, 1.54) is 24.3 Å². The van der Waals surface area contributed by atoms with Gasteiger partial charge in [0.05, 0.1) is 0 Å². The molecule has 0 spiro atoms. The van der Waals surface area contributed by atoms with Crippen molar-refractivity contribution in [1.82, 2.24) is 19.4 Å². The summed E-state index contributed by atoms with van der Waals surface area (Å²) in [5.41, 5.74) is 2.12. The molecule has 6 nitrogen and oxygen atoms in total. The van der Waals surface area contributed by atoms with Gasteiger partial charge >= 0.3 is 0 Å². The molecule has 1 aromatic carbocycles. The number of amides is 1. The van der Waals surface area contributed by atoms with Crippen LogP contribution < -0.4 is 4.74 Å². The minimum Gasteiger partial charge on any atom is -0.484 e. The Hall–Kier alpha value is -3.22. The van der Waals surface area contributed by atoms with Crippen LogP contribution in [0.3, 0.4) is 0 Å². The number of likely N-dealkylation sites (tertiary alicyclic amines) is 1. The Balaban J connectivity index is 1.31. The quantitative estimate of drug-likeness (QED) is 0.660. The molecule has 2 aromatic heterocycles. The maximum absolute atomic E-state index is 12.9. The average Bonchev–Trinajstić information content (AvgIpc) is 3.04. The van der Waals surface area contributed by atoms with E-state index >= 15 is 0 Å². The van der Waals surface area contributed by atoms with Gasteiger partial charge < -0.3 is 14.2 Å². The summed E-state index contributed by atoms with van der Waals surface area (Å²) in [5, 5.41) is 0. The average molecular weight is 380 g/mol. The fourth-order valence-corrected chi connectivity index (χ4v) is 3.34. The fourth-order valence-electron chi connectivity index (χ4n) is 3.34. The van der Waals surface area contributed by atoms with Crippen LogP contribution in [0.15, 0.2) is 55.0 Å². The molecular formula is C21H21FN4O2. The number of carbonyl (C=O) groups is 1. The van der Waals surface area contributed by atoms with Crippen molar-refractivity contribution in [1.29, 1.82) is 0 Å². The lowest BCUT2D eigenvalue weighted by Crippen LogP contribution is -2.52. The summed E-state index contributed by atoms with van der Waals surface area (Å²) in [6, 6.07) is 9.55. The first-order chi connectivity index (χ1) is 13.6. The lowest BCUT2D eigenvalue weighted by atomic mass is 9.99. The molecule has 1 fully saturated rings. The number of nitrogens with zero attached hydrogens (tertiary/aromatic N) is 4. The molecule has 3 heterocycles. The minimum atomic E-state index is -0.329. The number of hydrogen-bond donors (Lipinski definition) is 0. The molecule has 1 saturated heterocycles. The van der Waals surface area contributed by atoms with Crippen molar-refractivity contribution in [2.45, 2.75) is 13.5 Å². The summed E-state index contributed by atoms with van der Waals surface area (Å²) in [6.45, 7) is 4.20. The van der Waals surface area contributed by atoms with Crippen molar-refractivity contribution >= 4 is 5.91 Å². The van der Waals surface area contributed by atoms with Gasteiger partial charge in [-0.25, -0.2) is 9.37 Å². The second kappa shape index (κ2) is 7.80. The highest BCUT2D eigenvalue weighted by Gasteiger charge is 2.31. The topological polar surface area (TPSA) is 60.2 Å². The number of benzene rings is 1. The maximum atomic E-state index is 12.9. The first kappa shape index (κ1) is 18.2. The number of ether oxygens (including phenoxy) is 1. The van der Waals surface area contributed by atoms with Crippen LogP contribution in [-0.4, -0.2) is 45.0 Å². The predicted molar refractivity (Wildman–Crippen MR) is 102 cm³/mol. The Morgan fingerprint density at radius 1 is 1.18 bits per heavy atom. The molecule has 0 radical (unpaired) electrons. The van der Waals surface area contributed by atoms with Crippen LogP contribution in [0, 0.1) is 18.7 Å². The van der Waals surface area contributed by atoms with Crippen LogP contribution in [0.2, 0.25) is 0 Å². The van der Waals surface area contributed by atoms with E-state index in [-0.39, 0.29) is 18.3 Å². The Bertz CT molecular complexity index is 950. The molecule has 0 saturated carbocycles. The second-order valence-electron chi connectivity index (χ2n) is 6.98. The summed E-state index contributed by atoms with van der Waals surface area (Å²) >= 11 is 0. The minimum absolute atomic E-state index is 0.0370. The van der Waals surface area contributed by atoms with E-state index in [2.05, 4.69) is 14.5 Å². The van der Waals surface area contributed by atoms with Crippen molar-refractivity contribution in [3.05, 3.63) is 66.5 Å². The number of pyridine rings is 1. The Kier molecular flexibility index (Phi) is 5.06. The Morgan fingerprint density at radius 3 is 2.61 bits per heavy atom. The monoisotopic (exact) mass is 380 g/mol. The first-order valence-corrected chi connectivity index (χ1v) is 9.19. The number of aromatic nitrogens is 3. The van der Waals surface area contributed by atoms with E-state index in [9.17, 15) is 9.18 Å². The molecular weight excluding hydrogens is 359 g/mol. The number of halogens is 1. The van der Waals surface area contributed by atoms with Gasteiger partial charge in [-0.2, -0.15) is 0 Å². The number of carbonyl (C=O) groups excluding carboxylic acids is 1. The normalized spacial score (nSPS) is 14.0. The Morgan fingerprint density at radius 2 is 1.89 bits per heavy atom. The highest BCUT2D eigenvalue weighted by molar-refractivity contribution is 5.78. The third-order valence-electron chi connectivity index (χ3n) is 4.92. The molecule has 4 rings (SSSR count). The van der Waals surface area contributed by atoms with Crippen molar-refractivity contribution in [3.8, 4) is 17.1 Å². The van der Waals surface area contributed by atoms with E-state index in [1.807, 2.05) is 25.3 Å². The smallest absolute Gasteiger partial charge is 0.260 e. The molecule has 3 aromatic rings. The number of imidazole rings is 1. The predicted octanol–water partition coefficient (Wildman–Crippen LogP) is 2.93. The molecule has 144 valence electrons. The van der Waals surface area contributed by atoms with Crippen molar-refractivity contribution < 1.29 is 13.9 Å². The molecule has 0 unspecified atom stereocenters. The number of hydrogen-bond acceptors (Lipinski definition) is 4. The van der Waals surface area contributed by atoms with Gasteiger partial charge in [-0.05, 0) is 43.3 Å². The first-order valence-electron chi connectivity index (χ1n) is 9.19. The lowest BCUT2D eigenvalue weighted by molar-refractivity contribution is -0.140. The van der Waals surface area contributed by atoms with Crippen LogP contribution in [-0.2, 0) is 11.3 Å². The zero-order chi connectivity index (χ0) is 19.5. The lowest BCUT2D eigenvalue weighted by Gasteiger charge is -2.39. The van der Waals surface area contributed by atoms with E-state index in [1.54, 1.807) is 17.3 Å². The summed E-state index contributed by atoms with van der Waals surface area (Å²) in [6.07, 6.45) is 5.39. The summed E-state index contributed by atoms with van der Waals surface area (Å²) in [4.78, 5) is 22.6. The van der Waals surface area contributed by atoms with Crippen molar-refractivity contribution in [2.75, 3.05) is 19.7 Å². The van der Waals surface area contributed by atoms with E-state index in [0.29, 0.717) is 24.8 Å². The van der Waals surface area contributed by atoms with Crippen LogP contribution in [0.4, 0.5) is 4.39 Å². The highest BCUT2D eigenvalue weighted by atomic mass is 19.1. The third kappa shape index (κ3) is 3.88. The van der Waals surface area contributed by atoms with E-state index in [0.717, 1.165) is 23.6 Å². The summed E-state index contributed by atoms with van der Waals surface area (Å²) < 4.78 is 20.5. The van der Waals surface area contributed by atoms with Crippen molar-refractivity contribution in [3.63, 3.8) is 0 Å². The Labute approximate surface area is 162 Å². The number of rotatable bonds is 6. The molecule has 1 aliphatic heterocycles. The van der Waals surface area contributed by atoms with Gasteiger partial charge in [-0.15, -0.1) is 0 Å². The van der Waals surface area contributed by atoms with E-state index < -0.39 is 0 Å². The molecule has 0 N–H and O–H groups in total. The summed E-state index contributed by atoms with van der Waals surface area (Å²) in [7, 11) is 0. The highest BCUT2D eigenvalue weighted by Crippen LogP contribution is 2.24. The van der Waals surface area contributed by atoms with Crippen molar-refractivity contribution in [2.24, 2.45) is 5.92 Å². The molecule has 0 aliphatic carbocycles. The van der Waals surface area contributed by atoms with Gasteiger partial charge in [0.1, 0.15) is 17.4 Å². The van der Waals surface area contributed by atoms with Gasteiger partial charge in [0.2, 0.25) is 0 Å². The SMILES string of the molecule is Cc1cnc(-c2ccncc2)n1CC1CN(C(=O)COc2ccc(F)cc2)C1. The van der Waals surface area contributed by atoms with Gasteiger partial charge in [0.25, 0.3) is 5.91 Å². The maximum Gasteiger partial charge on any atom is 0.260 e. The van der Waals surface area contributed by atoms with Gasteiger partial charge in [-0.1, -0.05) is 0 Å². The zero-order valence-electron chi connectivity index (χ0n) is 15.6. The summed E-state index contributed by atoms with van der Waals surface area (Å²) in [5.74, 6) is 1.40. The van der Waals surface area contributed by atoms with Crippen LogP contribution >= 0.6 is 0 Å². The molecule has 7 heteroatoms. The number of aryl methyl sites for hydroxylation is 1. The molecule has 1 amide bonds. The van der Waals surface area contributed by atoms with Gasteiger partial charge in [-0.3, -0.25) is 9.78 Å². The molecule has 1 aliphatic rings. The van der Waals surface area contributed by atoms with Crippen LogP contribution in [0.5, 0.6) is 5.75 Å². The van der Waals surface area contributed by atoms with Crippen LogP contribution in [0.1, 0.15) is 5.69 Å². The molecule has 0 bridgehead atoms. The third-order valence-corrected chi connectivity index (χ3v) is 4.92. The molecule has 28 heavy (non-hydrogen) atoms. The van der Waals surface area contributed by atoms with Crippen LogP contribution in [0.25, 0.3) is 11.4 Å². The molecule has 0 atom stereocenters. The largest absolute Gasteiger partial charge is 0.484 e. The zero-order valence-corrected chi connectivity index (χ0v) is 15.6. The standard InChI is InChI=1S/C21H21FN4O2/c1-15-10-24-21(17-6-8-23-9-7-17)26(15)13-16-11-25(12-16)20(27)14-28-19-4-2-18(22)3-5-19/h2-10,16H,11-14H2,1H3. The fraction of sp³-hybridized carbons (Fsp3) is 0.286. The second-order valence-corrected chi connectivity index (χ2v) is 6.98. The van der Waals surface area contributed by atoms with E-state index in [4.69, 9.17) is 4.74 Å². The van der Waals surface area contributed by atoms with Gasteiger partial charge in [0, 0.05) is 55.4 Å². The van der Waals surface area contributed by atoms with Gasteiger partial charge in [0.15, 0.2) is 6.61 Å².